The van der Waals surface area contributed by atoms with Gasteiger partial charge in [-0.15, -0.1) is 11.6 Å². The average Bonchev–Trinajstić information content (AvgIpc) is 2.99. The standard InChI is InChI=1S/C17H21Cl/c18-11-17(10-12-6-7-14(17)8-12)16-9-15(16)13-4-2-1-3-5-13/h1-5,12,14-16H,6-11H2. The van der Waals surface area contributed by atoms with Gasteiger partial charge in [-0.25, -0.2) is 0 Å². The molecule has 3 aliphatic rings. The van der Waals surface area contributed by atoms with Crippen LogP contribution in [0.1, 0.15) is 43.6 Å². The Labute approximate surface area is 115 Å². The SMILES string of the molecule is ClCC1(C2CC2c2ccccc2)CC2CCC1C2. The van der Waals surface area contributed by atoms with Gasteiger partial charge >= 0.3 is 0 Å². The van der Waals surface area contributed by atoms with E-state index in [9.17, 15) is 0 Å². The summed E-state index contributed by atoms with van der Waals surface area (Å²) in [4.78, 5) is 0. The number of hydrogen-bond donors (Lipinski definition) is 0. The molecule has 96 valence electrons. The Morgan fingerprint density at radius 2 is 1.94 bits per heavy atom. The van der Waals surface area contributed by atoms with E-state index in [0.29, 0.717) is 5.41 Å². The zero-order valence-electron chi connectivity index (χ0n) is 10.8. The summed E-state index contributed by atoms with van der Waals surface area (Å²) in [6, 6.07) is 11.1. The summed E-state index contributed by atoms with van der Waals surface area (Å²) in [6.45, 7) is 0. The molecule has 5 unspecified atom stereocenters. The largest absolute Gasteiger partial charge is 0.126 e. The Balaban J connectivity index is 1.58. The molecule has 0 aliphatic heterocycles. The second kappa shape index (κ2) is 4.00. The molecule has 1 aromatic rings. The van der Waals surface area contributed by atoms with Crippen molar-refractivity contribution in [2.45, 2.75) is 38.0 Å². The van der Waals surface area contributed by atoms with Crippen LogP contribution in [0.25, 0.3) is 0 Å². The lowest BCUT2D eigenvalue weighted by Crippen LogP contribution is -2.32. The molecule has 4 rings (SSSR count). The minimum Gasteiger partial charge on any atom is -0.126 e. The van der Waals surface area contributed by atoms with Crippen molar-refractivity contribution >= 4 is 11.6 Å². The van der Waals surface area contributed by atoms with E-state index in [0.717, 1.165) is 29.6 Å². The zero-order valence-corrected chi connectivity index (χ0v) is 11.6. The van der Waals surface area contributed by atoms with Crippen LogP contribution in [0, 0.1) is 23.2 Å². The predicted octanol–water partition coefficient (Wildman–Crippen LogP) is 4.84. The maximum Gasteiger partial charge on any atom is 0.0285 e. The molecular formula is C17H21Cl. The van der Waals surface area contributed by atoms with Crippen LogP contribution in [-0.4, -0.2) is 5.88 Å². The van der Waals surface area contributed by atoms with Gasteiger partial charge in [-0.3, -0.25) is 0 Å². The minimum atomic E-state index is 0.505. The number of benzene rings is 1. The molecule has 0 amide bonds. The highest BCUT2D eigenvalue weighted by molar-refractivity contribution is 6.18. The molecular weight excluding hydrogens is 240 g/mol. The molecule has 0 nitrogen and oxygen atoms in total. The highest BCUT2D eigenvalue weighted by Crippen LogP contribution is 2.69. The summed E-state index contributed by atoms with van der Waals surface area (Å²) in [5, 5.41) is 0. The van der Waals surface area contributed by atoms with Crippen molar-refractivity contribution in [2.24, 2.45) is 23.2 Å². The van der Waals surface area contributed by atoms with Crippen LogP contribution in [0.2, 0.25) is 0 Å². The second-order valence-electron chi connectivity index (χ2n) is 6.81. The fraction of sp³-hybridized carbons (Fsp3) is 0.647. The normalized spacial score (nSPS) is 45.4. The minimum absolute atomic E-state index is 0.505. The van der Waals surface area contributed by atoms with Crippen LogP contribution in [0.3, 0.4) is 0 Å². The molecule has 0 radical (unpaired) electrons. The number of alkyl halides is 1. The lowest BCUT2D eigenvalue weighted by molar-refractivity contribution is 0.156. The van der Waals surface area contributed by atoms with Crippen LogP contribution in [0.5, 0.6) is 0 Å². The third-order valence-electron chi connectivity index (χ3n) is 6.03. The molecule has 2 bridgehead atoms. The predicted molar refractivity (Wildman–Crippen MR) is 75.9 cm³/mol. The summed E-state index contributed by atoms with van der Waals surface area (Å²) < 4.78 is 0. The van der Waals surface area contributed by atoms with Gasteiger partial charge in [-0.1, -0.05) is 36.8 Å². The quantitative estimate of drug-likeness (QED) is 0.683. The van der Waals surface area contributed by atoms with E-state index in [1.54, 1.807) is 5.56 Å². The Kier molecular flexibility index (Phi) is 2.52. The van der Waals surface area contributed by atoms with Crippen molar-refractivity contribution in [3.63, 3.8) is 0 Å². The van der Waals surface area contributed by atoms with Crippen LogP contribution in [0.4, 0.5) is 0 Å². The van der Waals surface area contributed by atoms with Gasteiger partial charge in [-0.2, -0.15) is 0 Å². The Morgan fingerprint density at radius 3 is 2.56 bits per heavy atom. The molecule has 3 saturated carbocycles. The van der Waals surface area contributed by atoms with Crippen molar-refractivity contribution in [3.05, 3.63) is 35.9 Å². The Hall–Kier alpha value is -0.490. The van der Waals surface area contributed by atoms with E-state index in [1.165, 1.54) is 32.1 Å². The summed E-state index contributed by atoms with van der Waals surface area (Å²) >= 11 is 6.45. The van der Waals surface area contributed by atoms with Crippen molar-refractivity contribution in [1.29, 1.82) is 0 Å². The molecule has 3 aliphatic carbocycles. The van der Waals surface area contributed by atoms with Gasteiger partial charge in [0.1, 0.15) is 0 Å². The van der Waals surface area contributed by atoms with Gasteiger partial charge in [0, 0.05) is 5.88 Å². The van der Waals surface area contributed by atoms with Crippen molar-refractivity contribution < 1.29 is 0 Å². The number of fused-ring (bicyclic) bond motifs is 2. The summed E-state index contributed by atoms with van der Waals surface area (Å²) in [7, 11) is 0. The highest BCUT2D eigenvalue weighted by Gasteiger charge is 2.61. The van der Waals surface area contributed by atoms with Gasteiger partial charge in [0.25, 0.3) is 0 Å². The van der Waals surface area contributed by atoms with E-state index in [4.69, 9.17) is 11.6 Å². The summed E-state index contributed by atoms with van der Waals surface area (Å²) in [5.41, 5.74) is 2.06. The Morgan fingerprint density at radius 1 is 1.11 bits per heavy atom. The highest BCUT2D eigenvalue weighted by atomic mass is 35.5. The van der Waals surface area contributed by atoms with Crippen molar-refractivity contribution in [2.75, 3.05) is 5.88 Å². The van der Waals surface area contributed by atoms with E-state index in [1.807, 2.05) is 0 Å². The van der Waals surface area contributed by atoms with Crippen molar-refractivity contribution in [3.8, 4) is 0 Å². The van der Waals surface area contributed by atoms with E-state index < -0.39 is 0 Å². The van der Waals surface area contributed by atoms with Crippen LogP contribution in [0.15, 0.2) is 30.3 Å². The van der Waals surface area contributed by atoms with E-state index >= 15 is 0 Å². The molecule has 5 atom stereocenters. The molecule has 0 N–H and O–H groups in total. The first-order valence-corrected chi connectivity index (χ1v) is 7.98. The van der Waals surface area contributed by atoms with E-state index in [2.05, 4.69) is 30.3 Å². The van der Waals surface area contributed by atoms with Gasteiger partial charge in [-0.05, 0) is 60.3 Å². The summed E-state index contributed by atoms with van der Waals surface area (Å²) in [5.74, 6) is 4.55. The average molecular weight is 261 g/mol. The molecule has 0 spiro atoms. The second-order valence-corrected chi connectivity index (χ2v) is 7.07. The number of hydrogen-bond acceptors (Lipinski definition) is 0. The number of halogens is 1. The van der Waals surface area contributed by atoms with Gasteiger partial charge in [0.15, 0.2) is 0 Å². The first-order valence-electron chi connectivity index (χ1n) is 7.44. The molecule has 3 fully saturated rings. The lowest BCUT2D eigenvalue weighted by atomic mass is 9.70. The van der Waals surface area contributed by atoms with Gasteiger partial charge in [0.05, 0.1) is 0 Å². The molecule has 18 heavy (non-hydrogen) atoms. The topological polar surface area (TPSA) is 0 Å². The third-order valence-corrected chi connectivity index (χ3v) is 6.53. The van der Waals surface area contributed by atoms with Crippen LogP contribution < -0.4 is 0 Å². The lowest BCUT2D eigenvalue weighted by Gasteiger charge is -2.37. The van der Waals surface area contributed by atoms with Crippen LogP contribution in [-0.2, 0) is 0 Å². The fourth-order valence-corrected chi connectivity index (χ4v) is 5.63. The molecule has 0 heterocycles. The smallest absolute Gasteiger partial charge is 0.0285 e. The van der Waals surface area contributed by atoms with E-state index in [-0.39, 0.29) is 0 Å². The first kappa shape index (κ1) is 11.3. The zero-order chi connectivity index (χ0) is 12.2. The first-order chi connectivity index (χ1) is 8.83. The molecule has 1 heteroatoms. The maximum atomic E-state index is 6.45. The van der Waals surface area contributed by atoms with Crippen molar-refractivity contribution in [1.82, 2.24) is 0 Å². The fourth-order valence-electron chi connectivity index (χ4n) is 5.10. The summed E-state index contributed by atoms with van der Waals surface area (Å²) in [6.07, 6.45) is 7.22. The van der Waals surface area contributed by atoms with Crippen LogP contribution >= 0.6 is 11.6 Å². The van der Waals surface area contributed by atoms with Gasteiger partial charge in [0.2, 0.25) is 0 Å². The third kappa shape index (κ3) is 1.51. The molecule has 0 aromatic heterocycles. The van der Waals surface area contributed by atoms with Gasteiger partial charge < -0.3 is 0 Å². The number of rotatable bonds is 3. The monoisotopic (exact) mass is 260 g/mol. The molecule has 0 saturated heterocycles. The maximum absolute atomic E-state index is 6.45. The Bertz CT molecular complexity index is 440. The molecule has 1 aromatic carbocycles.